The van der Waals surface area contributed by atoms with Gasteiger partial charge in [-0.2, -0.15) is 0 Å². The van der Waals surface area contributed by atoms with Crippen molar-refractivity contribution >= 4 is 17.7 Å². The molecule has 2 aromatic rings. The Kier molecular flexibility index (Phi) is 6.24. The van der Waals surface area contributed by atoms with Crippen LogP contribution in [0.2, 0.25) is 0 Å². The van der Waals surface area contributed by atoms with E-state index in [1.165, 1.54) is 26.0 Å². The normalized spacial score (nSPS) is 11.0. The summed E-state index contributed by atoms with van der Waals surface area (Å²) in [6, 6.07) is 6.44. The van der Waals surface area contributed by atoms with Crippen molar-refractivity contribution in [1.29, 1.82) is 0 Å². The van der Waals surface area contributed by atoms with E-state index in [0.29, 0.717) is 0 Å². The fourth-order valence-electron chi connectivity index (χ4n) is 2.29. The van der Waals surface area contributed by atoms with Gasteiger partial charge >= 0.3 is 11.9 Å². The third-order valence-electron chi connectivity index (χ3n) is 3.63. The summed E-state index contributed by atoms with van der Waals surface area (Å²) in [6.45, 7) is 2.96. The highest BCUT2D eigenvalue weighted by Crippen LogP contribution is 2.20. The number of imidazole rings is 1. The third kappa shape index (κ3) is 4.15. The van der Waals surface area contributed by atoms with Crippen molar-refractivity contribution in [3.63, 3.8) is 0 Å². The standard InChI is InChI=1S/C18H20N2O6/c1-3-25-16(22)18(24,17(23)26-4-2)11-15(21)13-5-7-14(8-6-13)20-10-9-19-12-20/h5-10,12,24H,3-4,11H2,1-2H3. The van der Waals surface area contributed by atoms with Gasteiger partial charge in [0.1, 0.15) is 0 Å². The molecule has 0 bridgehead atoms. The van der Waals surface area contributed by atoms with E-state index in [1.807, 2.05) is 0 Å². The van der Waals surface area contributed by atoms with Crippen LogP contribution in [0, 0.1) is 0 Å². The van der Waals surface area contributed by atoms with Gasteiger partial charge in [0.25, 0.3) is 5.60 Å². The maximum absolute atomic E-state index is 12.5. The van der Waals surface area contributed by atoms with E-state index >= 15 is 0 Å². The number of ketones is 1. The molecule has 0 unspecified atom stereocenters. The summed E-state index contributed by atoms with van der Waals surface area (Å²) < 4.78 is 11.2. The second-order valence-electron chi connectivity index (χ2n) is 5.42. The molecule has 1 N–H and O–H groups in total. The van der Waals surface area contributed by atoms with Crippen molar-refractivity contribution in [2.45, 2.75) is 25.9 Å². The SMILES string of the molecule is CCOC(=O)C(O)(CC(=O)c1ccc(-n2ccnc2)cc1)C(=O)OCC. The van der Waals surface area contributed by atoms with Crippen molar-refractivity contribution in [2.75, 3.05) is 13.2 Å². The van der Waals surface area contributed by atoms with Gasteiger partial charge in [0.15, 0.2) is 5.78 Å². The van der Waals surface area contributed by atoms with Crippen LogP contribution >= 0.6 is 0 Å². The summed E-state index contributed by atoms with van der Waals surface area (Å²) in [4.78, 5) is 40.5. The first kappa shape index (κ1) is 19.3. The summed E-state index contributed by atoms with van der Waals surface area (Å²) in [6.07, 6.45) is 4.21. The summed E-state index contributed by atoms with van der Waals surface area (Å²) in [5.41, 5.74) is -1.66. The van der Waals surface area contributed by atoms with E-state index in [1.54, 1.807) is 35.4 Å². The van der Waals surface area contributed by atoms with Gasteiger partial charge in [-0.15, -0.1) is 0 Å². The first-order valence-electron chi connectivity index (χ1n) is 8.10. The van der Waals surface area contributed by atoms with E-state index in [9.17, 15) is 19.5 Å². The number of nitrogens with zero attached hydrogens (tertiary/aromatic N) is 2. The summed E-state index contributed by atoms with van der Waals surface area (Å²) in [5.74, 6) is -3.01. The van der Waals surface area contributed by atoms with Crippen molar-refractivity contribution in [1.82, 2.24) is 9.55 Å². The maximum Gasteiger partial charge on any atom is 0.350 e. The molecule has 0 aliphatic heterocycles. The maximum atomic E-state index is 12.5. The number of hydrogen-bond donors (Lipinski definition) is 1. The van der Waals surface area contributed by atoms with Crippen molar-refractivity contribution < 1.29 is 29.0 Å². The Balaban J connectivity index is 2.20. The van der Waals surface area contributed by atoms with E-state index in [-0.39, 0.29) is 18.8 Å². The largest absolute Gasteiger partial charge is 0.463 e. The van der Waals surface area contributed by atoms with Crippen molar-refractivity contribution in [3.05, 3.63) is 48.5 Å². The second kappa shape index (κ2) is 8.39. The van der Waals surface area contributed by atoms with Gasteiger partial charge in [-0.3, -0.25) is 4.79 Å². The lowest BCUT2D eigenvalue weighted by atomic mass is 9.93. The molecular weight excluding hydrogens is 340 g/mol. The minimum Gasteiger partial charge on any atom is -0.463 e. The number of benzene rings is 1. The van der Waals surface area contributed by atoms with Crippen molar-refractivity contribution in [3.8, 4) is 5.69 Å². The molecule has 0 saturated carbocycles. The monoisotopic (exact) mass is 360 g/mol. The first-order chi connectivity index (χ1) is 12.4. The van der Waals surface area contributed by atoms with Gasteiger partial charge in [-0.1, -0.05) is 0 Å². The summed E-state index contributed by atoms with van der Waals surface area (Å²) >= 11 is 0. The molecule has 0 aliphatic carbocycles. The number of rotatable bonds is 8. The highest BCUT2D eigenvalue weighted by molar-refractivity contribution is 6.10. The Morgan fingerprint density at radius 2 is 1.65 bits per heavy atom. The highest BCUT2D eigenvalue weighted by atomic mass is 16.6. The van der Waals surface area contributed by atoms with Gasteiger partial charge in [-0.05, 0) is 38.1 Å². The molecule has 0 spiro atoms. The van der Waals surface area contributed by atoms with E-state index in [4.69, 9.17) is 9.47 Å². The number of aliphatic hydroxyl groups is 1. The van der Waals surface area contributed by atoms with Gasteiger partial charge in [0.05, 0.1) is 26.0 Å². The lowest BCUT2D eigenvalue weighted by Gasteiger charge is -2.22. The molecule has 138 valence electrons. The van der Waals surface area contributed by atoms with Gasteiger partial charge in [0, 0.05) is 23.6 Å². The van der Waals surface area contributed by atoms with Crippen LogP contribution in [0.15, 0.2) is 43.0 Å². The van der Waals surface area contributed by atoms with Crippen LogP contribution in [-0.4, -0.2) is 51.2 Å². The Labute approximate surface area is 150 Å². The fourth-order valence-corrected chi connectivity index (χ4v) is 2.29. The molecule has 1 heterocycles. The molecule has 0 radical (unpaired) electrons. The number of esters is 2. The Bertz CT molecular complexity index is 749. The van der Waals surface area contributed by atoms with Crippen molar-refractivity contribution in [2.24, 2.45) is 0 Å². The number of carbonyl (C=O) groups is 3. The zero-order valence-corrected chi connectivity index (χ0v) is 14.5. The predicted molar refractivity (Wildman–Crippen MR) is 90.7 cm³/mol. The molecule has 0 atom stereocenters. The molecule has 0 amide bonds. The van der Waals surface area contributed by atoms with Crippen LogP contribution in [0.5, 0.6) is 0 Å². The minimum absolute atomic E-state index is 0.0473. The molecule has 0 aliphatic rings. The molecule has 0 fully saturated rings. The number of hydrogen-bond acceptors (Lipinski definition) is 7. The summed E-state index contributed by atoms with van der Waals surface area (Å²) in [7, 11) is 0. The molecule has 8 heteroatoms. The molecule has 1 aromatic heterocycles. The Morgan fingerprint density at radius 1 is 1.08 bits per heavy atom. The van der Waals surface area contributed by atoms with Crippen LogP contribution < -0.4 is 0 Å². The van der Waals surface area contributed by atoms with Crippen LogP contribution in [0.4, 0.5) is 0 Å². The number of carbonyl (C=O) groups excluding carboxylic acids is 3. The Morgan fingerprint density at radius 3 is 2.12 bits per heavy atom. The molecule has 26 heavy (non-hydrogen) atoms. The lowest BCUT2D eigenvalue weighted by molar-refractivity contribution is -0.182. The quantitative estimate of drug-likeness (QED) is 0.429. The molecular formula is C18H20N2O6. The van der Waals surface area contributed by atoms with E-state index in [0.717, 1.165) is 5.69 Å². The molecule has 0 saturated heterocycles. The highest BCUT2D eigenvalue weighted by Gasteiger charge is 2.49. The zero-order valence-electron chi connectivity index (χ0n) is 14.5. The van der Waals surface area contributed by atoms with Crippen LogP contribution in [-0.2, 0) is 19.1 Å². The van der Waals surface area contributed by atoms with Crippen LogP contribution in [0.1, 0.15) is 30.6 Å². The lowest BCUT2D eigenvalue weighted by Crippen LogP contribution is -2.50. The van der Waals surface area contributed by atoms with E-state index in [2.05, 4.69) is 4.98 Å². The average molecular weight is 360 g/mol. The second-order valence-corrected chi connectivity index (χ2v) is 5.42. The smallest absolute Gasteiger partial charge is 0.350 e. The average Bonchev–Trinajstić information content (AvgIpc) is 3.16. The van der Waals surface area contributed by atoms with Gasteiger partial charge < -0.3 is 19.1 Å². The predicted octanol–water partition coefficient (Wildman–Crippen LogP) is 1.30. The number of ether oxygens (including phenoxy) is 2. The summed E-state index contributed by atoms with van der Waals surface area (Å²) in [5, 5.41) is 10.5. The zero-order chi connectivity index (χ0) is 19.2. The molecule has 8 nitrogen and oxygen atoms in total. The fraction of sp³-hybridized carbons (Fsp3) is 0.333. The van der Waals surface area contributed by atoms with Gasteiger partial charge in [0.2, 0.25) is 0 Å². The number of aromatic nitrogens is 2. The molecule has 2 rings (SSSR count). The Hall–Kier alpha value is -3.00. The third-order valence-corrected chi connectivity index (χ3v) is 3.63. The van der Waals surface area contributed by atoms with Crippen LogP contribution in [0.25, 0.3) is 5.69 Å². The van der Waals surface area contributed by atoms with E-state index < -0.39 is 29.7 Å². The topological polar surface area (TPSA) is 108 Å². The minimum atomic E-state index is -2.67. The number of Topliss-reactive ketones (excluding diaryl/α,β-unsaturated/α-hetero) is 1. The van der Waals surface area contributed by atoms with Gasteiger partial charge in [-0.25, -0.2) is 14.6 Å². The first-order valence-corrected chi connectivity index (χ1v) is 8.10. The van der Waals surface area contributed by atoms with Crippen LogP contribution in [0.3, 0.4) is 0 Å². The molecule has 1 aromatic carbocycles.